The molecule has 0 aliphatic carbocycles. The van der Waals surface area contributed by atoms with Crippen LogP contribution in [0.3, 0.4) is 0 Å². The zero-order valence-electron chi connectivity index (χ0n) is 41.0. The second kappa shape index (κ2) is 42.5. The van der Waals surface area contributed by atoms with Gasteiger partial charge in [-0.15, -0.1) is 0 Å². The van der Waals surface area contributed by atoms with Gasteiger partial charge in [-0.1, -0.05) is 177 Å². The standard InChI is InChI=1S/C53H92O12S/c1-3-5-7-9-11-13-15-17-19-21-22-23-24-26-28-30-32-34-36-38-40-42-49(55)64-46(44-63-53-52(58)51(57)50(56)47(65-53)45-66(59,60)61)43-62-48(54)41-39-37-35-33-31-29-27-25-20-18-16-14-12-10-8-6-4-2/h8,10,14,16-17,19-20,25,29,31,46-47,50-53,56-58H,3-7,9,11-13,15,18,21-24,26-28,30,32-45H2,1-2H3,(H,59,60,61)/b10-8+,16-14+,19-17+,25-20+,31-29+/t46-,47-,50-,51?,52?,53+/m1/s1. The van der Waals surface area contributed by atoms with Gasteiger partial charge in [0.05, 0.1) is 6.61 Å². The van der Waals surface area contributed by atoms with Crippen LogP contribution in [0.1, 0.15) is 206 Å². The molecule has 0 amide bonds. The Morgan fingerprint density at radius 1 is 0.515 bits per heavy atom. The van der Waals surface area contributed by atoms with Crippen molar-refractivity contribution in [3.8, 4) is 0 Å². The first-order valence-electron chi connectivity index (χ1n) is 25.8. The summed E-state index contributed by atoms with van der Waals surface area (Å²) in [6.45, 7) is 3.68. The van der Waals surface area contributed by atoms with E-state index in [9.17, 15) is 37.9 Å². The van der Waals surface area contributed by atoms with E-state index in [-0.39, 0.29) is 19.4 Å². The molecule has 4 N–H and O–H groups in total. The zero-order valence-corrected chi connectivity index (χ0v) is 41.9. The molecule has 6 atom stereocenters. The molecule has 0 aromatic heterocycles. The lowest BCUT2D eigenvalue weighted by Gasteiger charge is -2.40. The number of aliphatic hydroxyl groups is 3. The molecule has 66 heavy (non-hydrogen) atoms. The Kier molecular flexibility index (Phi) is 39.5. The maximum absolute atomic E-state index is 12.9. The Bertz CT molecular complexity index is 1440. The highest BCUT2D eigenvalue weighted by Gasteiger charge is 2.46. The third-order valence-electron chi connectivity index (χ3n) is 11.6. The van der Waals surface area contributed by atoms with Gasteiger partial charge in [0.2, 0.25) is 0 Å². The normalized spacial score (nSPS) is 19.9. The summed E-state index contributed by atoms with van der Waals surface area (Å²) < 4.78 is 54.2. The molecule has 382 valence electrons. The number of aliphatic hydroxyl groups excluding tert-OH is 3. The summed E-state index contributed by atoms with van der Waals surface area (Å²) in [5.41, 5.74) is 0. The van der Waals surface area contributed by atoms with Gasteiger partial charge in [0.15, 0.2) is 12.4 Å². The molecule has 0 saturated carbocycles. The van der Waals surface area contributed by atoms with Crippen molar-refractivity contribution in [3.63, 3.8) is 0 Å². The van der Waals surface area contributed by atoms with Gasteiger partial charge in [0.1, 0.15) is 36.8 Å². The number of unbranched alkanes of at least 4 members (excludes halogenated alkanes) is 21. The highest BCUT2D eigenvalue weighted by molar-refractivity contribution is 7.85. The minimum atomic E-state index is -4.61. The third-order valence-corrected chi connectivity index (χ3v) is 12.3. The smallest absolute Gasteiger partial charge is 0.306 e. The molecule has 0 aromatic rings. The predicted molar refractivity (Wildman–Crippen MR) is 265 cm³/mol. The first-order valence-corrected chi connectivity index (χ1v) is 27.5. The van der Waals surface area contributed by atoms with Crippen molar-refractivity contribution in [2.75, 3.05) is 19.0 Å². The van der Waals surface area contributed by atoms with Gasteiger partial charge in [-0.2, -0.15) is 8.42 Å². The molecular formula is C53H92O12S. The summed E-state index contributed by atoms with van der Waals surface area (Å²) in [7, 11) is -4.61. The summed E-state index contributed by atoms with van der Waals surface area (Å²) in [6.07, 6.45) is 44.0. The predicted octanol–water partition coefficient (Wildman–Crippen LogP) is 11.7. The summed E-state index contributed by atoms with van der Waals surface area (Å²) >= 11 is 0. The molecule has 0 bridgehead atoms. The summed E-state index contributed by atoms with van der Waals surface area (Å²) in [4.78, 5) is 25.5. The van der Waals surface area contributed by atoms with Crippen LogP contribution in [-0.2, 0) is 38.7 Å². The molecule has 2 unspecified atom stereocenters. The number of carbonyl (C=O) groups is 2. The minimum absolute atomic E-state index is 0.155. The zero-order chi connectivity index (χ0) is 48.4. The molecule has 0 spiro atoms. The van der Waals surface area contributed by atoms with Gasteiger partial charge in [-0.25, -0.2) is 0 Å². The highest BCUT2D eigenvalue weighted by Crippen LogP contribution is 2.24. The van der Waals surface area contributed by atoms with Gasteiger partial charge in [-0.05, 0) is 77.0 Å². The number of ether oxygens (including phenoxy) is 4. The molecule has 13 heteroatoms. The molecule has 1 fully saturated rings. The van der Waals surface area contributed by atoms with Crippen molar-refractivity contribution in [1.82, 2.24) is 0 Å². The Morgan fingerprint density at radius 3 is 1.44 bits per heavy atom. The van der Waals surface area contributed by atoms with Crippen molar-refractivity contribution in [2.24, 2.45) is 0 Å². The van der Waals surface area contributed by atoms with E-state index in [4.69, 9.17) is 18.9 Å². The van der Waals surface area contributed by atoms with E-state index < -0.39 is 71.2 Å². The van der Waals surface area contributed by atoms with Gasteiger partial charge in [-0.3, -0.25) is 14.1 Å². The van der Waals surface area contributed by atoms with Crippen LogP contribution in [0.5, 0.6) is 0 Å². The second-order valence-electron chi connectivity index (χ2n) is 17.8. The van der Waals surface area contributed by atoms with E-state index in [2.05, 4.69) is 74.6 Å². The third kappa shape index (κ3) is 36.4. The molecule has 1 saturated heterocycles. The Balaban J connectivity index is 2.39. The van der Waals surface area contributed by atoms with Crippen LogP contribution in [0.15, 0.2) is 60.8 Å². The molecule has 12 nitrogen and oxygen atoms in total. The van der Waals surface area contributed by atoms with Gasteiger partial charge >= 0.3 is 11.9 Å². The summed E-state index contributed by atoms with van der Waals surface area (Å²) in [5.74, 6) is -2.02. The van der Waals surface area contributed by atoms with Gasteiger partial charge < -0.3 is 34.3 Å². The fourth-order valence-corrected chi connectivity index (χ4v) is 8.24. The van der Waals surface area contributed by atoms with E-state index in [1.165, 1.54) is 103 Å². The first kappa shape index (κ1) is 61.4. The van der Waals surface area contributed by atoms with Crippen LogP contribution in [0, 0.1) is 0 Å². The van der Waals surface area contributed by atoms with Crippen molar-refractivity contribution in [3.05, 3.63) is 60.8 Å². The number of rotatable bonds is 43. The monoisotopic (exact) mass is 953 g/mol. The quantitative estimate of drug-likeness (QED) is 0.0196. The topological polar surface area (TPSA) is 186 Å². The number of hydrogen-bond donors (Lipinski definition) is 4. The Morgan fingerprint density at radius 2 is 0.939 bits per heavy atom. The maximum Gasteiger partial charge on any atom is 0.306 e. The number of allylic oxidation sites excluding steroid dienone is 10. The van der Waals surface area contributed by atoms with E-state index >= 15 is 0 Å². The molecule has 1 heterocycles. The van der Waals surface area contributed by atoms with Gasteiger partial charge in [0, 0.05) is 12.8 Å². The minimum Gasteiger partial charge on any atom is -0.462 e. The molecule has 0 radical (unpaired) electrons. The fraction of sp³-hybridized carbons (Fsp3) is 0.774. The van der Waals surface area contributed by atoms with Crippen LogP contribution in [0.25, 0.3) is 0 Å². The van der Waals surface area contributed by atoms with Crippen LogP contribution < -0.4 is 0 Å². The molecular weight excluding hydrogens is 861 g/mol. The van der Waals surface area contributed by atoms with Crippen LogP contribution in [0.2, 0.25) is 0 Å². The molecule has 1 aliphatic rings. The largest absolute Gasteiger partial charge is 0.462 e. The SMILES string of the molecule is CCC/C=C/C/C=C/C/C=C/C/C=C/CCCCCC(=O)OC[C@H](CO[C@H]1O[C@H](CS(=O)(=O)O)[C@@H](O)C(O)C1O)OC(=O)CCCCCCCCCCCCC/C=C/CCCCCCCC. The second-order valence-corrected chi connectivity index (χ2v) is 19.3. The number of hydrogen-bond acceptors (Lipinski definition) is 11. The van der Waals surface area contributed by atoms with Crippen LogP contribution in [-0.4, -0.2) is 96.0 Å². The maximum atomic E-state index is 12.9. The number of carbonyl (C=O) groups excluding carboxylic acids is 2. The first-order chi connectivity index (χ1) is 32.0. The van der Waals surface area contributed by atoms with E-state index in [0.29, 0.717) is 12.8 Å². The summed E-state index contributed by atoms with van der Waals surface area (Å²) in [6, 6.07) is 0. The average molecular weight is 953 g/mol. The highest BCUT2D eigenvalue weighted by atomic mass is 32.2. The lowest BCUT2D eigenvalue weighted by atomic mass is 10.00. The summed E-state index contributed by atoms with van der Waals surface area (Å²) in [5, 5.41) is 31.0. The Labute approximate surface area is 400 Å². The van der Waals surface area contributed by atoms with Crippen molar-refractivity contribution < 1.29 is 56.8 Å². The molecule has 1 aliphatic heterocycles. The fourth-order valence-electron chi connectivity index (χ4n) is 7.55. The Hall–Kier alpha value is -2.65. The van der Waals surface area contributed by atoms with Crippen molar-refractivity contribution in [2.45, 2.75) is 243 Å². The van der Waals surface area contributed by atoms with E-state index in [1.54, 1.807) is 0 Å². The van der Waals surface area contributed by atoms with E-state index in [0.717, 1.165) is 64.2 Å². The van der Waals surface area contributed by atoms with Gasteiger partial charge in [0.25, 0.3) is 10.1 Å². The lowest BCUT2D eigenvalue weighted by molar-refractivity contribution is -0.297. The van der Waals surface area contributed by atoms with Crippen molar-refractivity contribution in [1.29, 1.82) is 0 Å². The lowest BCUT2D eigenvalue weighted by Crippen LogP contribution is -2.60. The van der Waals surface area contributed by atoms with Crippen LogP contribution in [0.4, 0.5) is 0 Å². The molecule has 0 aromatic carbocycles. The molecule has 1 rings (SSSR count). The average Bonchev–Trinajstić information content (AvgIpc) is 3.28. The van der Waals surface area contributed by atoms with E-state index in [1.807, 2.05) is 0 Å². The van der Waals surface area contributed by atoms with Crippen LogP contribution >= 0.6 is 0 Å². The number of esters is 2. The van der Waals surface area contributed by atoms with Crippen molar-refractivity contribution >= 4 is 22.1 Å².